The largest absolute Gasteiger partial charge is 0.495 e. The molecule has 6 heterocycles. The molecular formula is C89H107ClN6O17S2. The zero-order chi connectivity index (χ0) is 82.7. The molecule has 5 unspecified atom stereocenters. The van der Waals surface area contributed by atoms with Gasteiger partial charge in [-0.2, -0.15) is 0 Å². The molecule has 2 N–H and O–H groups in total. The van der Waals surface area contributed by atoms with Crippen LogP contribution in [-0.2, 0) is 65.5 Å². The van der Waals surface area contributed by atoms with Crippen LogP contribution in [0.5, 0.6) is 23.0 Å². The number of amides is 2. The van der Waals surface area contributed by atoms with Crippen LogP contribution in [0.4, 0.5) is 0 Å². The van der Waals surface area contributed by atoms with Crippen molar-refractivity contribution in [3.05, 3.63) is 106 Å². The van der Waals surface area contributed by atoms with E-state index in [0.29, 0.717) is 109 Å². The number of hydrogen-bond acceptors (Lipinski definition) is 21. The maximum absolute atomic E-state index is 14.8. The van der Waals surface area contributed by atoms with Crippen molar-refractivity contribution in [2.45, 2.75) is 209 Å². The van der Waals surface area contributed by atoms with Gasteiger partial charge in [0, 0.05) is 90.1 Å². The molecule has 2 aliphatic heterocycles. The zero-order valence-corrected chi connectivity index (χ0v) is 70.2. The number of aromatic nitrogens is 4. The third-order valence-electron chi connectivity index (χ3n) is 24.6. The van der Waals surface area contributed by atoms with Crippen molar-refractivity contribution < 1.29 is 81.8 Å². The number of carbonyl (C=O) groups is 9. The molecule has 2 bridgehead atoms. The maximum atomic E-state index is 14.8. The number of halogens is 1. The number of esters is 2. The van der Waals surface area contributed by atoms with Crippen LogP contribution in [0.1, 0.15) is 170 Å². The van der Waals surface area contributed by atoms with Crippen molar-refractivity contribution in [3.63, 3.8) is 0 Å². The number of nitrogens with zero attached hydrogens (tertiary/aromatic N) is 6. The van der Waals surface area contributed by atoms with Gasteiger partial charge in [-0.25, -0.2) is 19.9 Å². The van der Waals surface area contributed by atoms with Crippen molar-refractivity contribution in [1.29, 1.82) is 0 Å². The number of pyridine rings is 2. The van der Waals surface area contributed by atoms with Gasteiger partial charge < -0.3 is 48.4 Å². The number of thiazole rings is 2. The van der Waals surface area contributed by atoms with Gasteiger partial charge in [-0.15, -0.1) is 35.8 Å². The molecule has 15 atom stereocenters. The molecule has 2 aromatic carbocycles. The lowest BCUT2D eigenvalue weighted by atomic mass is 9.77. The number of benzene rings is 2. The van der Waals surface area contributed by atoms with Crippen LogP contribution in [-0.4, -0.2) is 156 Å². The topological polar surface area (TPSA) is 308 Å². The fourth-order valence-corrected chi connectivity index (χ4v) is 20.1. The van der Waals surface area contributed by atoms with Gasteiger partial charge in [-0.1, -0.05) is 105 Å². The van der Waals surface area contributed by atoms with Crippen LogP contribution in [0.25, 0.3) is 44.6 Å². The van der Waals surface area contributed by atoms with E-state index < -0.39 is 81.7 Å². The van der Waals surface area contributed by atoms with Crippen LogP contribution < -0.4 is 18.9 Å². The molecule has 8 aliphatic rings. The minimum atomic E-state index is -1.26. The highest BCUT2D eigenvalue weighted by molar-refractivity contribution is 7.10. The van der Waals surface area contributed by atoms with Crippen LogP contribution >= 0.6 is 34.3 Å². The van der Waals surface area contributed by atoms with E-state index in [9.17, 15) is 53.4 Å². The molecule has 2 saturated heterocycles. The third-order valence-corrected chi connectivity index (χ3v) is 26.7. The summed E-state index contributed by atoms with van der Waals surface area (Å²) in [5, 5.41) is 27.8. The number of carboxylic acids is 2. The van der Waals surface area contributed by atoms with Crippen molar-refractivity contribution in [2.24, 2.45) is 80.8 Å². The summed E-state index contributed by atoms with van der Waals surface area (Å²) in [6.07, 6.45) is 12.3. The molecule has 0 spiro atoms. The second kappa shape index (κ2) is 33.6. The van der Waals surface area contributed by atoms with E-state index >= 15 is 0 Å². The molecule has 614 valence electrons. The average molecular weight is 1630 g/mol. The number of rotatable bonds is 32. The first-order valence-corrected chi connectivity index (χ1v) is 42.5. The Morgan fingerprint density at radius 2 is 1.09 bits per heavy atom. The van der Waals surface area contributed by atoms with Crippen molar-refractivity contribution in [1.82, 2.24) is 29.7 Å². The summed E-state index contributed by atoms with van der Waals surface area (Å²) in [5.41, 5.74) is -0.410. The number of allylic oxidation sites excluding steroid dienone is 2. The van der Waals surface area contributed by atoms with Gasteiger partial charge in [-0.3, -0.25) is 43.2 Å². The summed E-state index contributed by atoms with van der Waals surface area (Å²) >= 11 is 9.96. The van der Waals surface area contributed by atoms with Gasteiger partial charge in [-0.05, 0) is 122 Å². The summed E-state index contributed by atoms with van der Waals surface area (Å²) in [7, 11) is 1.53. The lowest BCUT2D eigenvalue weighted by Gasteiger charge is -2.35. The average Bonchev–Trinajstić information content (AvgIpc) is 1.60. The normalized spacial score (nSPS) is 26.7. The molecule has 6 aromatic rings. The number of hydrogen-bond donors (Lipinski definition) is 2. The number of fused-ring (bicyclic) bond motifs is 5. The first-order chi connectivity index (χ1) is 54.5. The minimum absolute atomic E-state index is 0.0385. The van der Waals surface area contributed by atoms with E-state index in [1.54, 1.807) is 65.2 Å². The number of Topliss-reactive ketones (excluding diaryl/α,β-unsaturated/α-hetero) is 3. The molecule has 0 radical (unpaired) electrons. The monoisotopic (exact) mass is 1630 g/mol. The zero-order valence-electron chi connectivity index (χ0n) is 67.8. The maximum Gasteiger partial charge on any atom is 0.310 e. The predicted octanol–water partition coefficient (Wildman–Crippen LogP) is 15.9. The van der Waals surface area contributed by atoms with Gasteiger partial charge in [0.05, 0.1) is 112 Å². The number of carboxylic acid groups (broad SMARTS) is 2. The van der Waals surface area contributed by atoms with E-state index in [1.165, 1.54) is 30.3 Å². The van der Waals surface area contributed by atoms with Crippen LogP contribution in [0.2, 0.25) is 5.02 Å². The fraction of sp³-hybridized carbons (Fsp3) is 0.562. The molecule has 6 aliphatic carbocycles. The molecule has 7 fully saturated rings. The Labute approximate surface area is 684 Å². The van der Waals surface area contributed by atoms with Crippen LogP contribution in [0, 0.1) is 80.8 Å². The van der Waals surface area contributed by atoms with Gasteiger partial charge in [0.2, 0.25) is 11.8 Å². The molecular weight excluding hydrogens is 1520 g/mol. The number of carbonyl (C=O) groups excluding carboxylic acids is 7. The quantitative estimate of drug-likeness (QED) is 0.0293. The summed E-state index contributed by atoms with van der Waals surface area (Å²) in [4.78, 5) is 144. The highest BCUT2D eigenvalue weighted by Gasteiger charge is 2.63. The number of methoxy groups -OCH3 is 1. The molecule has 26 heteroatoms. The standard InChI is InChI=1S/C45H55N3O9S.C44H52ClN3O8S/c1-8-28-19-45(28,43(53)54)20-38(50)37-16-31(21-48(37)42(52)33(44(5,6)7)17-41(51)57-30-13-26-12-27(26)14-30)56-39-18-35(36-23-58-40(47-36)11-24(2)3)46-34-15-29(9-10-32(34)39)55-22-25(4)49;1-8-26-19-44(26,42(52)53)20-33(49)32-16-27(21-48(32)41(51)29(43(4,5)6)17-37(50)56-40-24-9-10-25(40)12-11-24)55-35-18-30(31-22-57-36(46-31)15-23(2)3)47-39-28(35)13-14-34(54-7)38(39)45/h8-10,15,18,23-24,26-28,30-31,33,37H,1,11-14,16-17,19-22H2,2-7H3,(H,53,54);8-10,13-14,18,22-27,29,32,40H,1,11-12,15-17,19-21H2,2-7H3,(H,52,53)/t26-,27+,28?,30?,31-,33-,37+,45-;24?,25?,26?,27-,29-,32+,40?,44-/m11/s1. The van der Waals surface area contributed by atoms with Crippen LogP contribution in [0.3, 0.4) is 0 Å². The van der Waals surface area contributed by atoms with Crippen LogP contribution in [0.15, 0.2) is 90.7 Å². The van der Waals surface area contributed by atoms with Crippen molar-refractivity contribution in [3.8, 4) is 45.8 Å². The fourth-order valence-electron chi connectivity index (χ4n) is 17.8. The van der Waals surface area contributed by atoms with Crippen molar-refractivity contribution in [2.75, 3.05) is 26.8 Å². The number of ether oxygens (including phenoxy) is 6. The number of ketones is 3. The molecule has 14 rings (SSSR count). The highest BCUT2D eigenvalue weighted by atomic mass is 35.5. The Hall–Kier alpha value is -8.94. The van der Waals surface area contributed by atoms with Gasteiger partial charge in [0.15, 0.2) is 17.3 Å². The third kappa shape index (κ3) is 18.4. The summed E-state index contributed by atoms with van der Waals surface area (Å²) < 4.78 is 36.7. The first-order valence-electron chi connectivity index (χ1n) is 40.4. The van der Waals surface area contributed by atoms with E-state index in [0.717, 1.165) is 48.5 Å². The van der Waals surface area contributed by atoms with Gasteiger partial charge in [0.25, 0.3) is 0 Å². The Balaban J connectivity index is 0.000000200. The molecule has 2 amide bonds. The molecule has 23 nitrogen and oxygen atoms in total. The smallest absolute Gasteiger partial charge is 0.310 e. The van der Waals surface area contributed by atoms with E-state index in [1.807, 2.05) is 64.4 Å². The highest BCUT2D eigenvalue weighted by Crippen LogP contribution is 2.59. The number of likely N-dealkylation sites (tertiary alicyclic amines) is 2. The summed E-state index contributed by atoms with van der Waals surface area (Å²) in [6.45, 7) is 28.9. The Kier molecular flexibility index (Phi) is 24.5. The SMILES string of the molecule is C=CC1C[C@]1(CC(=O)[C@@H]1C[C@@H](Oc2cc(-c3csc(CC(C)C)n3)nc3c(Cl)c(OC)ccc23)CN1C(=O)[C@@H](CC(=O)OC1C2C=CC1CC2)C(C)(C)C)C(=O)O.C=CC1C[C@]1(CC(=O)[C@@H]1C[C@@H](Oc2cc(-c3csc(CC(C)C)n3)nc3cc(OCC(C)=O)ccc23)CN1C(=O)[C@@H](CC(=O)OC1C[C@@H]2C[C@@H]2C1)C(C)(C)C)C(=O)O. The first kappa shape index (κ1) is 84.0. The Morgan fingerprint density at radius 3 is 1.53 bits per heavy atom. The number of aliphatic carboxylic acids is 2. The Bertz CT molecular complexity index is 4820. The van der Waals surface area contributed by atoms with Gasteiger partial charge in [0.1, 0.15) is 59.0 Å². The molecule has 4 aromatic heterocycles. The lowest BCUT2D eigenvalue weighted by Crippen LogP contribution is -2.48. The summed E-state index contributed by atoms with van der Waals surface area (Å²) in [6, 6.07) is 10.5. The second-order valence-corrected chi connectivity index (χ2v) is 38.5. The van der Waals surface area contributed by atoms with E-state index in [4.69, 9.17) is 60.0 Å². The summed E-state index contributed by atoms with van der Waals surface area (Å²) in [5.74, 6) is -2.57. The van der Waals surface area contributed by atoms with E-state index in [2.05, 4.69) is 53.0 Å². The molecule has 115 heavy (non-hydrogen) atoms. The van der Waals surface area contributed by atoms with Gasteiger partial charge >= 0.3 is 23.9 Å². The molecule has 5 saturated carbocycles. The lowest BCUT2D eigenvalue weighted by molar-refractivity contribution is -0.158. The van der Waals surface area contributed by atoms with E-state index in [-0.39, 0.29) is 123 Å². The Morgan fingerprint density at radius 1 is 0.609 bits per heavy atom. The minimum Gasteiger partial charge on any atom is -0.495 e. The second-order valence-electron chi connectivity index (χ2n) is 36.2. The van der Waals surface area contributed by atoms with Crippen molar-refractivity contribution >= 4 is 109 Å². The predicted molar refractivity (Wildman–Crippen MR) is 437 cm³/mol.